The topological polar surface area (TPSA) is 24.1 Å². The Morgan fingerprint density at radius 3 is 2.56 bits per heavy atom. The third kappa shape index (κ3) is 6.53. The van der Waals surface area contributed by atoms with E-state index in [2.05, 4.69) is 65.5 Å². The lowest BCUT2D eigenvalue weighted by Gasteiger charge is -2.09. The van der Waals surface area contributed by atoms with Gasteiger partial charge in [0.05, 0.1) is 0 Å². The zero-order valence-corrected chi connectivity index (χ0v) is 13.3. The Labute approximate surface area is 120 Å². The van der Waals surface area contributed by atoms with Crippen LogP contribution in [0.3, 0.4) is 0 Å². The predicted molar refractivity (Wildman–Crippen MR) is 82.9 cm³/mol. The van der Waals surface area contributed by atoms with Gasteiger partial charge in [0.25, 0.3) is 0 Å². The molecule has 3 heteroatoms. The molecule has 0 aliphatic rings. The van der Waals surface area contributed by atoms with Crippen LogP contribution < -0.4 is 10.6 Å². The molecule has 102 valence electrons. The lowest BCUT2D eigenvalue weighted by molar-refractivity contribution is 0.530. The first-order valence-corrected chi connectivity index (χ1v) is 7.55. The van der Waals surface area contributed by atoms with Crippen molar-refractivity contribution in [2.45, 2.75) is 33.7 Å². The van der Waals surface area contributed by atoms with Crippen molar-refractivity contribution in [1.29, 1.82) is 0 Å². The first-order chi connectivity index (χ1) is 8.59. The molecule has 0 bridgehead atoms. The van der Waals surface area contributed by atoms with E-state index in [0.29, 0.717) is 0 Å². The van der Waals surface area contributed by atoms with Gasteiger partial charge in [-0.1, -0.05) is 41.9 Å². The molecule has 0 saturated carbocycles. The number of nitrogens with one attached hydrogen (secondary N) is 2. The summed E-state index contributed by atoms with van der Waals surface area (Å²) < 4.78 is 1.18. The number of aryl methyl sites for hydroxylation is 1. The molecular weight excluding hydrogens is 288 g/mol. The molecule has 0 unspecified atom stereocenters. The van der Waals surface area contributed by atoms with Crippen LogP contribution in [0.1, 0.15) is 31.4 Å². The third-order valence-corrected chi connectivity index (χ3v) is 3.70. The molecule has 1 aromatic rings. The maximum Gasteiger partial charge on any atom is 0.0205 e. The van der Waals surface area contributed by atoms with Gasteiger partial charge in [-0.3, -0.25) is 0 Å². The molecule has 0 fully saturated rings. The van der Waals surface area contributed by atoms with Crippen LogP contribution in [-0.4, -0.2) is 19.6 Å². The zero-order valence-electron chi connectivity index (χ0n) is 11.7. The quantitative estimate of drug-likeness (QED) is 0.718. The molecule has 0 amide bonds. The Hall–Kier alpha value is -0.380. The smallest absolute Gasteiger partial charge is 0.0205 e. The molecule has 0 aliphatic heterocycles. The van der Waals surface area contributed by atoms with E-state index in [1.54, 1.807) is 0 Å². The predicted octanol–water partition coefficient (Wildman–Crippen LogP) is 3.48. The van der Waals surface area contributed by atoms with Crippen molar-refractivity contribution in [2.24, 2.45) is 5.92 Å². The summed E-state index contributed by atoms with van der Waals surface area (Å²) in [5.41, 5.74) is 2.65. The molecule has 0 saturated heterocycles. The maximum absolute atomic E-state index is 3.52. The minimum absolute atomic E-state index is 0.740. The highest BCUT2D eigenvalue weighted by Gasteiger charge is 1.97. The average Bonchev–Trinajstić information content (AvgIpc) is 2.32. The standard InChI is InChI=1S/C15H25BrN2/c1-12(2)10-17-7-4-8-18-11-14-5-6-15(16)13(3)9-14/h5-6,9,12,17-18H,4,7-8,10-11H2,1-3H3. The van der Waals surface area contributed by atoms with Gasteiger partial charge in [-0.2, -0.15) is 0 Å². The van der Waals surface area contributed by atoms with Gasteiger partial charge in [0.1, 0.15) is 0 Å². The second kappa shape index (κ2) is 8.68. The first-order valence-electron chi connectivity index (χ1n) is 6.76. The molecule has 0 aromatic heterocycles. The Morgan fingerprint density at radius 2 is 1.89 bits per heavy atom. The zero-order chi connectivity index (χ0) is 13.4. The van der Waals surface area contributed by atoms with E-state index in [4.69, 9.17) is 0 Å². The molecule has 0 spiro atoms. The van der Waals surface area contributed by atoms with E-state index in [1.165, 1.54) is 22.0 Å². The van der Waals surface area contributed by atoms with Crippen LogP contribution in [0.5, 0.6) is 0 Å². The third-order valence-electron chi connectivity index (χ3n) is 2.81. The van der Waals surface area contributed by atoms with E-state index in [9.17, 15) is 0 Å². The summed E-state index contributed by atoms with van der Waals surface area (Å²) >= 11 is 3.52. The molecule has 1 aromatic carbocycles. The molecule has 0 aliphatic carbocycles. The summed E-state index contributed by atoms with van der Waals surface area (Å²) in [7, 11) is 0. The van der Waals surface area contributed by atoms with Crippen LogP contribution in [0.15, 0.2) is 22.7 Å². The second-order valence-electron chi connectivity index (χ2n) is 5.21. The fourth-order valence-electron chi connectivity index (χ4n) is 1.78. The summed E-state index contributed by atoms with van der Waals surface area (Å²) in [6, 6.07) is 6.52. The van der Waals surface area contributed by atoms with Crippen molar-refractivity contribution < 1.29 is 0 Å². The van der Waals surface area contributed by atoms with Crippen molar-refractivity contribution in [3.05, 3.63) is 33.8 Å². The number of rotatable bonds is 8. The van der Waals surface area contributed by atoms with E-state index >= 15 is 0 Å². The van der Waals surface area contributed by atoms with Gasteiger partial charge in [-0.25, -0.2) is 0 Å². The van der Waals surface area contributed by atoms with E-state index < -0.39 is 0 Å². The van der Waals surface area contributed by atoms with Gasteiger partial charge in [-0.15, -0.1) is 0 Å². The number of halogens is 1. The molecule has 18 heavy (non-hydrogen) atoms. The first kappa shape index (κ1) is 15.7. The largest absolute Gasteiger partial charge is 0.316 e. The van der Waals surface area contributed by atoms with Crippen LogP contribution >= 0.6 is 15.9 Å². The Bertz CT molecular complexity index is 350. The van der Waals surface area contributed by atoms with Crippen molar-refractivity contribution >= 4 is 15.9 Å². The van der Waals surface area contributed by atoms with Crippen molar-refractivity contribution in [2.75, 3.05) is 19.6 Å². The Morgan fingerprint density at radius 1 is 1.17 bits per heavy atom. The average molecular weight is 313 g/mol. The van der Waals surface area contributed by atoms with Crippen molar-refractivity contribution in [3.8, 4) is 0 Å². The van der Waals surface area contributed by atoms with Gasteiger partial charge in [0.2, 0.25) is 0 Å². The lowest BCUT2D eigenvalue weighted by atomic mass is 10.1. The fraction of sp³-hybridized carbons (Fsp3) is 0.600. The molecule has 1 rings (SSSR count). The molecule has 2 N–H and O–H groups in total. The van der Waals surface area contributed by atoms with Gasteiger partial charge in [0.15, 0.2) is 0 Å². The highest BCUT2D eigenvalue weighted by Crippen LogP contribution is 2.16. The summed E-state index contributed by atoms with van der Waals surface area (Å²) in [5, 5.41) is 6.94. The number of hydrogen-bond acceptors (Lipinski definition) is 2. The minimum Gasteiger partial charge on any atom is -0.316 e. The second-order valence-corrected chi connectivity index (χ2v) is 6.07. The molecule has 2 nitrogen and oxygen atoms in total. The fourth-order valence-corrected chi connectivity index (χ4v) is 2.03. The SMILES string of the molecule is Cc1cc(CNCCCNCC(C)C)ccc1Br. The van der Waals surface area contributed by atoms with E-state index in [1.807, 2.05) is 0 Å². The van der Waals surface area contributed by atoms with Crippen LogP contribution in [0, 0.1) is 12.8 Å². The van der Waals surface area contributed by atoms with Gasteiger partial charge in [0, 0.05) is 11.0 Å². The van der Waals surface area contributed by atoms with Gasteiger partial charge in [-0.05, 0) is 56.1 Å². The monoisotopic (exact) mass is 312 g/mol. The minimum atomic E-state index is 0.740. The number of hydrogen-bond donors (Lipinski definition) is 2. The van der Waals surface area contributed by atoms with Crippen LogP contribution in [0.25, 0.3) is 0 Å². The van der Waals surface area contributed by atoms with Crippen LogP contribution in [0.2, 0.25) is 0 Å². The van der Waals surface area contributed by atoms with Gasteiger partial charge < -0.3 is 10.6 Å². The Kier molecular flexibility index (Phi) is 7.56. The normalized spacial score (nSPS) is 11.2. The number of benzene rings is 1. The van der Waals surface area contributed by atoms with Gasteiger partial charge >= 0.3 is 0 Å². The highest BCUT2D eigenvalue weighted by molar-refractivity contribution is 9.10. The van der Waals surface area contributed by atoms with Crippen LogP contribution in [-0.2, 0) is 6.54 Å². The summed E-state index contributed by atoms with van der Waals surface area (Å²) in [4.78, 5) is 0. The molecule has 0 heterocycles. The van der Waals surface area contributed by atoms with E-state index in [0.717, 1.165) is 32.1 Å². The Balaban J connectivity index is 2.09. The summed E-state index contributed by atoms with van der Waals surface area (Å²) in [6.45, 7) is 10.8. The van der Waals surface area contributed by atoms with Crippen molar-refractivity contribution in [3.63, 3.8) is 0 Å². The summed E-state index contributed by atoms with van der Waals surface area (Å²) in [6.07, 6.45) is 1.18. The maximum atomic E-state index is 3.52. The van der Waals surface area contributed by atoms with Crippen LogP contribution in [0.4, 0.5) is 0 Å². The molecule has 0 atom stereocenters. The highest BCUT2D eigenvalue weighted by atomic mass is 79.9. The molecule has 0 radical (unpaired) electrons. The molecular formula is C15H25BrN2. The lowest BCUT2D eigenvalue weighted by Crippen LogP contribution is -2.24. The van der Waals surface area contributed by atoms with Crippen molar-refractivity contribution in [1.82, 2.24) is 10.6 Å². The summed E-state index contributed by atoms with van der Waals surface area (Å²) in [5.74, 6) is 0.740. The van der Waals surface area contributed by atoms with E-state index in [-0.39, 0.29) is 0 Å².